The molecule has 0 spiro atoms. The zero-order valence-electron chi connectivity index (χ0n) is 11.4. The molecule has 0 atom stereocenters. The Morgan fingerprint density at radius 1 is 1.16 bits per heavy atom. The zero-order valence-corrected chi connectivity index (χ0v) is 11.4. The Bertz CT molecular complexity index is 413. The van der Waals surface area contributed by atoms with Crippen LogP contribution in [0.4, 0.5) is 20.2 Å². The Kier molecular flexibility index (Phi) is 4.61. The average molecular weight is 268 g/mol. The molecule has 0 unspecified atom stereocenters. The molecule has 0 radical (unpaired) electrons. The van der Waals surface area contributed by atoms with Crippen molar-refractivity contribution >= 4 is 11.4 Å². The molecule has 1 aromatic rings. The summed E-state index contributed by atoms with van der Waals surface area (Å²) >= 11 is 0. The van der Waals surface area contributed by atoms with E-state index >= 15 is 0 Å². The van der Waals surface area contributed by atoms with E-state index in [4.69, 9.17) is 5.73 Å². The number of anilines is 2. The molecule has 19 heavy (non-hydrogen) atoms. The second-order valence-electron chi connectivity index (χ2n) is 5.38. The van der Waals surface area contributed by atoms with Crippen molar-refractivity contribution in [2.75, 3.05) is 17.7 Å². The van der Waals surface area contributed by atoms with Gasteiger partial charge in [-0.15, -0.1) is 0 Å². The predicted octanol–water partition coefficient (Wildman–Crippen LogP) is 4.37. The van der Waals surface area contributed by atoms with E-state index in [0.29, 0.717) is 17.4 Å². The standard InChI is InChI=1S/C15H22F2N2/c1-19(12-6-4-2-3-5-7-12)14-9-8-11(18)10-13(14)15(16)17/h8-10,12,15H,2-7,18H2,1H3. The predicted molar refractivity (Wildman–Crippen MR) is 75.7 cm³/mol. The van der Waals surface area contributed by atoms with Gasteiger partial charge in [-0.3, -0.25) is 0 Å². The van der Waals surface area contributed by atoms with Crippen LogP contribution in [-0.4, -0.2) is 13.1 Å². The average Bonchev–Trinajstić information content (AvgIpc) is 2.66. The minimum atomic E-state index is -2.48. The van der Waals surface area contributed by atoms with E-state index in [9.17, 15) is 8.78 Å². The van der Waals surface area contributed by atoms with Gasteiger partial charge in [0.25, 0.3) is 6.43 Å². The number of nitrogens with zero attached hydrogens (tertiary/aromatic N) is 1. The lowest BCUT2D eigenvalue weighted by molar-refractivity contribution is 0.152. The molecule has 2 N–H and O–H groups in total. The van der Waals surface area contributed by atoms with Crippen molar-refractivity contribution in [3.63, 3.8) is 0 Å². The molecule has 2 nitrogen and oxygen atoms in total. The Morgan fingerprint density at radius 2 is 1.79 bits per heavy atom. The van der Waals surface area contributed by atoms with Gasteiger partial charge in [0.05, 0.1) is 0 Å². The highest BCUT2D eigenvalue weighted by molar-refractivity contribution is 5.60. The summed E-state index contributed by atoms with van der Waals surface area (Å²) in [6.45, 7) is 0. The maximum atomic E-state index is 13.1. The van der Waals surface area contributed by atoms with Crippen LogP contribution in [0.25, 0.3) is 0 Å². The molecule has 1 aromatic carbocycles. The van der Waals surface area contributed by atoms with Gasteiger partial charge < -0.3 is 10.6 Å². The van der Waals surface area contributed by atoms with Gasteiger partial charge in [-0.25, -0.2) is 8.78 Å². The van der Waals surface area contributed by atoms with Crippen molar-refractivity contribution in [1.82, 2.24) is 0 Å². The topological polar surface area (TPSA) is 29.3 Å². The summed E-state index contributed by atoms with van der Waals surface area (Å²) in [5.74, 6) is 0. The Balaban J connectivity index is 2.24. The van der Waals surface area contributed by atoms with E-state index in [1.165, 1.54) is 31.7 Å². The minimum absolute atomic E-state index is 0.0479. The van der Waals surface area contributed by atoms with E-state index in [0.717, 1.165) is 12.8 Å². The molecule has 1 saturated carbocycles. The third-order valence-corrected chi connectivity index (χ3v) is 4.04. The molecule has 1 aliphatic carbocycles. The molecule has 1 fully saturated rings. The number of halogens is 2. The number of nitrogens with two attached hydrogens (primary N) is 1. The van der Waals surface area contributed by atoms with Gasteiger partial charge in [0.2, 0.25) is 0 Å². The lowest BCUT2D eigenvalue weighted by Gasteiger charge is -2.31. The van der Waals surface area contributed by atoms with E-state index in [2.05, 4.69) is 0 Å². The monoisotopic (exact) mass is 268 g/mol. The number of alkyl halides is 2. The molecule has 0 aliphatic heterocycles. The van der Waals surface area contributed by atoms with Crippen LogP contribution in [-0.2, 0) is 0 Å². The van der Waals surface area contributed by atoms with E-state index in [-0.39, 0.29) is 5.56 Å². The highest BCUT2D eigenvalue weighted by Crippen LogP contribution is 2.34. The minimum Gasteiger partial charge on any atom is -0.399 e. The van der Waals surface area contributed by atoms with E-state index in [1.807, 2.05) is 11.9 Å². The second-order valence-corrected chi connectivity index (χ2v) is 5.38. The van der Waals surface area contributed by atoms with Crippen molar-refractivity contribution in [3.8, 4) is 0 Å². The lowest BCUT2D eigenvalue weighted by atomic mass is 10.0. The molecule has 0 saturated heterocycles. The molecular formula is C15H22F2N2. The molecule has 1 aliphatic rings. The maximum Gasteiger partial charge on any atom is 0.265 e. The van der Waals surface area contributed by atoms with Gasteiger partial charge in [-0.2, -0.15) is 0 Å². The Morgan fingerprint density at radius 3 is 2.37 bits per heavy atom. The smallest absolute Gasteiger partial charge is 0.265 e. The zero-order chi connectivity index (χ0) is 13.8. The SMILES string of the molecule is CN(c1ccc(N)cc1C(F)F)C1CCCCCC1. The van der Waals surface area contributed by atoms with Crippen LogP contribution in [0.15, 0.2) is 18.2 Å². The van der Waals surface area contributed by atoms with Gasteiger partial charge in [0.1, 0.15) is 0 Å². The molecule has 0 aromatic heterocycles. The first kappa shape index (κ1) is 14.1. The largest absolute Gasteiger partial charge is 0.399 e. The fraction of sp³-hybridized carbons (Fsp3) is 0.600. The summed E-state index contributed by atoms with van der Waals surface area (Å²) in [7, 11) is 1.92. The highest BCUT2D eigenvalue weighted by atomic mass is 19.3. The molecular weight excluding hydrogens is 246 g/mol. The van der Waals surface area contributed by atoms with Crippen molar-refractivity contribution in [2.45, 2.75) is 51.0 Å². The number of hydrogen-bond donors (Lipinski definition) is 1. The molecule has 0 bridgehead atoms. The second kappa shape index (κ2) is 6.22. The van der Waals surface area contributed by atoms with Crippen LogP contribution >= 0.6 is 0 Å². The molecule has 106 valence electrons. The fourth-order valence-corrected chi connectivity index (χ4v) is 2.91. The molecule has 2 rings (SSSR count). The first-order valence-electron chi connectivity index (χ1n) is 7.00. The van der Waals surface area contributed by atoms with Gasteiger partial charge >= 0.3 is 0 Å². The van der Waals surface area contributed by atoms with E-state index in [1.54, 1.807) is 12.1 Å². The van der Waals surface area contributed by atoms with Crippen molar-refractivity contribution in [1.29, 1.82) is 0 Å². The van der Waals surface area contributed by atoms with Crippen LogP contribution in [0.5, 0.6) is 0 Å². The van der Waals surface area contributed by atoms with Crippen LogP contribution in [0, 0.1) is 0 Å². The Hall–Kier alpha value is -1.32. The first-order valence-corrected chi connectivity index (χ1v) is 7.00. The quantitative estimate of drug-likeness (QED) is 0.651. The van der Waals surface area contributed by atoms with Gasteiger partial charge in [0, 0.05) is 30.0 Å². The normalized spacial score (nSPS) is 17.5. The third-order valence-electron chi connectivity index (χ3n) is 4.04. The molecule has 0 heterocycles. The number of nitrogen functional groups attached to an aromatic ring is 1. The number of rotatable bonds is 3. The van der Waals surface area contributed by atoms with Gasteiger partial charge in [0.15, 0.2) is 0 Å². The molecule has 4 heteroatoms. The number of hydrogen-bond acceptors (Lipinski definition) is 2. The van der Waals surface area contributed by atoms with Crippen molar-refractivity contribution in [2.24, 2.45) is 0 Å². The number of benzene rings is 1. The first-order chi connectivity index (χ1) is 9.09. The van der Waals surface area contributed by atoms with Crippen molar-refractivity contribution < 1.29 is 8.78 Å². The summed E-state index contributed by atoms with van der Waals surface area (Å²) in [5, 5.41) is 0. The van der Waals surface area contributed by atoms with Crippen LogP contribution in [0.2, 0.25) is 0 Å². The van der Waals surface area contributed by atoms with E-state index < -0.39 is 6.43 Å². The summed E-state index contributed by atoms with van der Waals surface area (Å²) < 4.78 is 26.3. The van der Waals surface area contributed by atoms with Crippen LogP contribution in [0.3, 0.4) is 0 Å². The third kappa shape index (κ3) is 3.37. The maximum absolute atomic E-state index is 13.1. The lowest BCUT2D eigenvalue weighted by Crippen LogP contribution is -2.31. The fourth-order valence-electron chi connectivity index (χ4n) is 2.91. The highest BCUT2D eigenvalue weighted by Gasteiger charge is 2.22. The van der Waals surface area contributed by atoms with Gasteiger partial charge in [-0.1, -0.05) is 25.7 Å². The molecule has 0 amide bonds. The Labute approximate surface area is 113 Å². The summed E-state index contributed by atoms with van der Waals surface area (Å²) in [6, 6.07) is 5.19. The van der Waals surface area contributed by atoms with Crippen LogP contribution in [0.1, 0.15) is 50.5 Å². The van der Waals surface area contributed by atoms with Crippen molar-refractivity contribution in [3.05, 3.63) is 23.8 Å². The summed E-state index contributed by atoms with van der Waals surface area (Å²) in [5.41, 5.74) is 6.68. The summed E-state index contributed by atoms with van der Waals surface area (Å²) in [6.07, 6.45) is 4.59. The van der Waals surface area contributed by atoms with Gasteiger partial charge in [-0.05, 0) is 31.0 Å². The summed E-state index contributed by atoms with van der Waals surface area (Å²) in [4.78, 5) is 2.02. The van der Waals surface area contributed by atoms with Crippen LogP contribution < -0.4 is 10.6 Å².